The molecule has 4 nitrogen and oxygen atoms in total. The Balaban J connectivity index is 1.42. The zero-order chi connectivity index (χ0) is 18.6. The Bertz CT molecular complexity index is 752. The number of carbonyl (C=O) groups excluding carboxylic acids is 1. The molecule has 0 aromatic heterocycles. The van der Waals surface area contributed by atoms with Crippen LogP contribution in [0.1, 0.15) is 16.7 Å². The van der Waals surface area contributed by atoms with Gasteiger partial charge >= 0.3 is 12.2 Å². The molecule has 0 saturated carbocycles. The number of halogens is 3. The fourth-order valence-electron chi connectivity index (χ4n) is 2.96. The van der Waals surface area contributed by atoms with Crippen molar-refractivity contribution in [2.75, 3.05) is 13.1 Å². The minimum Gasteiger partial charge on any atom is -0.488 e. The average Bonchev–Trinajstić information content (AvgIpc) is 3.02. The maximum absolute atomic E-state index is 12.9. The van der Waals surface area contributed by atoms with Crippen LogP contribution in [0.5, 0.6) is 5.75 Å². The number of urea groups is 1. The van der Waals surface area contributed by atoms with Crippen LogP contribution in [0.25, 0.3) is 0 Å². The van der Waals surface area contributed by atoms with Crippen molar-refractivity contribution in [3.63, 3.8) is 0 Å². The lowest BCUT2D eigenvalue weighted by molar-refractivity contribution is -0.138. The number of hydrogen-bond donors (Lipinski definition) is 2. The monoisotopic (exact) mass is 364 g/mol. The molecule has 2 N–H and O–H groups in total. The van der Waals surface area contributed by atoms with Gasteiger partial charge in [0, 0.05) is 13.0 Å². The molecular formula is C19H19F3N2O2. The van der Waals surface area contributed by atoms with Gasteiger partial charge in [-0.1, -0.05) is 36.4 Å². The molecule has 1 aliphatic rings. The molecule has 1 heterocycles. The van der Waals surface area contributed by atoms with Crippen LogP contribution in [-0.2, 0) is 19.0 Å². The molecule has 0 fully saturated rings. The minimum absolute atomic E-state index is 0.106. The first-order valence-corrected chi connectivity index (χ1v) is 8.35. The van der Waals surface area contributed by atoms with Gasteiger partial charge in [-0.3, -0.25) is 0 Å². The van der Waals surface area contributed by atoms with Gasteiger partial charge in [-0.05, 0) is 29.7 Å². The molecule has 1 unspecified atom stereocenters. The molecule has 3 rings (SSSR count). The van der Waals surface area contributed by atoms with E-state index in [2.05, 4.69) is 10.6 Å². The number of ether oxygens (including phenoxy) is 1. The standard InChI is InChI=1S/C19H19F3N2O2/c20-19(21,22)16-7-3-1-5-13(16)9-10-23-18(25)24-12-15-11-14-6-2-4-8-17(14)26-15/h1-8,15H,9-12H2,(H2,23,24,25). The number of benzene rings is 2. The van der Waals surface area contributed by atoms with Crippen molar-refractivity contribution in [2.45, 2.75) is 25.1 Å². The van der Waals surface area contributed by atoms with Gasteiger partial charge in [0.15, 0.2) is 0 Å². The van der Waals surface area contributed by atoms with E-state index < -0.39 is 17.8 Å². The van der Waals surface area contributed by atoms with Crippen molar-refractivity contribution in [3.05, 3.63) is 65.2 Å². The van der Waals surface area contributed by atoms with Crippen LogP contribution in [-0.4, -0.2) is 25.2 Å². The van der Waals surface area contributed by atoms with Crippen LogP contribution in [0.3, 0.4) is 0 Å². The van der Waals surface area contributed by atoms with Gasteiger partial charge in [0.1, 0.15) is 11.9 Å². The van der Waals surface area contributed by atoms with Crippen molar-refractivity contribution in [1.82, 2.24) is 10.6 Å². The van der Waals surface area contributed by atoms with E-state index >= 15 is 0 Å². The molecule has 0 aliphatic carbocycles. The predicted octanol–water partition coefficient (Wildman–Crippen LogP) is 3.55. The second-order valence-electron chi connectivity index (χ2n) is 6.09. The lowest BCUT2D eigenvalue weighted by atomic mass is 10.0. The smallest absolute Gasteiger partial charge is 0.416 e. The first-order chi connectivity index (χ1) is 12.4. The number of amides is 2. The zero-order valence-electron chi connectivity index (χ0n) is 14.0. The van der Waals surface area contributed by atoms with E-state index in [1.165, 1.54) is 12.1 Å². The van der Waals surface area contributed by atoms with Gasteiger partial charge < -0.3 is 15.4 Å². The fraction of sp³-hybridized carbons (Fsp3) is 0.316. The Labute approximate surface area is 149 Å². The van der Waals surface area contributed by atoms with Crippen LogP contribution < -0.4 is 15.4 Å². The lowest BCUT2D eigenvalue weighted by Gasteiger charge is -2.14. The Kier molecular flexibility index (Phi) is 5.35. The molecule has 2 amide bonds. The van der Waals surface area contributed by atoms with Crippen LogP contribution in [0.2, 0.25) is 0 Å². The Hall–Kier alpha value is -2.70. The van der Waals surface area contributed by atoms with Crippen molar-refractivity contribution < 1.29 is 22.7 Å². The number of rotatable bonds is 5. The molecule has 1 aliphatic heterocycles. The Morgan fingerprint density at radius 3 is 2.58 bits per heavy atom. The van der Waals surface area contributed by atoms with Gasteiger partial charge in [0.05, 0.1) is 12.1 Å². The molecule has 0 bridgehead atoms. The summed E-state index contributed by atoms with van der Waals surface area (Å²) in [5, 5.41) is 5.28. The molecular weight excluding hydrogens is 345 g/mol. The van der Waals surface area contributed by atoms with E-state index in [-0.39, 0.29) is 24.6 Å². The van der Waals surface area contributed by atoms with E-state index in [1.807, 2.05) is 24.3 Å². The summed E-state index contributed by atoms with van der Waals surface area (Å²) >= 11 is 0. The zero-order valence-corrected chi connectivity index (χ0v) is 14.0. The highest BCUT2D eigenvalue weighted by molar-refractivity contribution is 5.73. The summed E-state index contributed by atoms with van der Waals surface area (Å²) in [4.78, 5) is 11.8. The quantitative estimate of drug-likeness (QED) is 0.853. The van der Waals surface area contributed by atoms with Gasteiger partial charge in [-0.15, -0.1) is 0 Å². The largest absolute Gasteiger partial charge is 0.488 e. The first kappa shape index (κ1) is 18.1. The molecule has 7 heteroatoms. The summed E-state index contributed by atoms with van der Waals surface area (Å²) in [6, 6.07) is 12.6. The third-order valence-electron chi connectivity index (χ3n) is 4.21. The molecule has 0 radical (unpaired) electrons. The molecule has 138 valence electrons. The van der Waals surface area contributed by atoms with E-state index in [9.17, 15) is 18.0 Å². The number of para-hydroxylation sites is 1. The molecule has 1 atom stereocenters. The first-order valence-electron chi connectivity index (χ1n) is 8.35. The van der Waals surface area contributed by atoms with Crippen LogP contribution in [0.4, 0.5) is 18.0 Å². The van der Waals surface area contributed by atoms with Crippen molar-refractivity contribution in [2.24, 2.45) is 0 Å². The summed E-state index contributed by atoms with van der Waals surface area (Å²) in [5.41, 5.74) is 0.595. The van der Waals surface area contributed by atoms with Crippen molar-refractivity contribution in [3.8, 4) is 5.75 Å². The number of fused-ring (bicyclic) bond motifs is 1. The van der Waals surface area contributed by atoms with Crippen molar-refractivity contribution >= 4 is 6.03 Å². The number of nitrogens with one attached hydrogen (secondary N) is 2. The van der Waals surface area contributed by atoms with Crippen LogP contribution >= 0.6 is 0 Å². The SMILES string of the molecule is O=C(NCCc1ccccc1C(F)(F)F)NCC1Cc2ccccc2O1. The minimum atomic E-state index is -4.40. The normalized spacial score (nSPS) is 15.9. The fourth-order valence-corrected chi connectivity index (χ4v) is 2.96. The summed E-state index contributed by atoms with van der Waals surface area (Å²) in [7, 11) is 0. The van der Waals surface area contributed by atoms with Crippen molar-refractivity contribution in [1.29, 1.82) is 0 Å². The van der Waals surface area contributed by atoms with Gasteiger partial charge in [-0.2, -0.15) is 13.2 Å². The number of hydrogen-bond acceptors (Lipinski definition) is 2. The third-order valence-corrected chi connectivity index (χ3v) is 4.21. The summed E-state index contributed by atoms with van der Waals surface area (Å²) < 4.78 is 44.5. The van der Waals surface area contributed by atoms with Gasteiger partial charge in [0.25, 0.3) is 0 Å². The topological polar surface area (TPSA) is 50.4 Å². The third kappa shape index (κ3) is 4.47. The maximum Gasteiger partial charge on any atom is 0.416 e. The molecule has 26 heavy (non-hydrogen) atoms. The highest BCUT2D eigenvalue weighted by Gasteiger charge is 2.32. The molecule has 2 aromatic rings. The second-order valence-corrected chi connectivity index (χ2v) is 6.09. The summed E-state index contributed by atoms with van der Waals surface area (Å²) in [5.74, 6) is 0.823. The van der Waals surface area contributed by atoms with E-state index in [0.717, 1.165) is 23.8 Å². The van der Waals surface area contributed by atoms with Gasteiger partial charge in [-0.25, -0.2) is 4.79 Å². The second kappa shape index (κ2) is 7.68. The Morgan fingerprint density at radius 1 is 1.08 bits per heavy atom. The lowest BCUT2D eigenvalue weighted by Crippen LogP contribution is -2.41. The molecule has 0 spiro atoms. The van der Waals surface area contributed by atoms with E-state index in [0.29, 0.717) is 6.54 Å². The van der Waals surface area contributed by atoms with E-state index in [4.69, 9.17) is 4.74 Å². The van der Waals surface area contributed by atoms with Gasteiger partial charge in [0.2, 0.25) is 0 Å². The maximum atomic E-state index is 12.9. The van der Waals surface area contributed by atoms with Crippen LogP contribution in [0.15, 0.2) is 48.5 Å². The number of carbonyl (C=O) groups is 1. The molecule has 0 saturated heterocycles. The number of alkyl halides is 3. The van der Waals surface area contributed by atoms with Crippen LogP contribution in [0, 0.1) is 0 Å². The molecule has 2 aromatic carbocycles. The predicted molar refractivity (Wildman–Crippen MR) is 91.1 cm³/mol. The summed E-state index contributed by atoms with van der Waals surface area (Å²) in [6.45, 7) is 0.449. The van der Waals surface area contributed by atoms with E-state index in [1.54, 1.807) is 6.07 Å². The average molecular weight is 364 g/mol. The Morgan fingerprint density at radius 2 is 1.81 bits per heavy atom. The summed E-state index contributed by atoms with van der Waals surface area (Å²) in [6.07, 6.45) is -3.71. The highest BCUT2D eigenvalue weighted by atomic mass is 19.4. The highest BCUT2D eigenvalue weighted by Crippen LogP contribution is 2.32.